The Labute approximate surface area is 153 Å². The molecule has 0 unspecified atom stereocenters. The van der Waals surface area contributed by atoms with Gasteiger partial charge in [0, 0.05) is 18.5 Å². The number of amides is 2. The minimum atomic E-state index is -4.54. The molecule has 2 heterocycles. The van der Waals surface area contributed by atoms with E-state index in [4.69, 9.17) is 16.3 Å². The standard InChI is InChI=1S/C12H12ClN5O6S2/c1-24-9-6-8(13)15-11(16-9)17-12(19)18-26(22,23)7-4-3-5-14-10(7)25(2,20)21/h3-6H,1-2H3,(H2,15,16,17,18,19). The zero-order valence-electron chi connectivity index (χ0n) is 13.3. The molecule has 11 nitrogen and oxygen atoms in total. The first kappa shape index (κ1) is 19.8. The van der Waals surface area contributed by atoms with Crippen LogP contribution in [0, 0.1) is 0 Å². The van der Waals surface area contributed by atoms with Crippen LogP contribution >= 0.6 is 11.6 Å². The smallest absolute Gasteiger partial charge is 0.335 e. The summed E-state index contributed by atoms with van der Waals surface area (Å²) in [6.07, 6.45) is 1.90. The van der Waals surface area contributed by atoms with Gasteiger partial charge in [-0.25, -0.2) is 36.3 Å². The Morgan fingerprint density at radius 1 is 1.23 bits per heavy atom. The summed E-state index contributed by atoms with van der Waals surface area (Å²) in [6.45, 7) is 0. The van der Waals surface area contributed by atoms with Gasteiger partial charge in [0.05, 0.1) is 7.11 Å². The van der Waals surface area contributed by atoms with E-state index in [1.54, 1.807) is 4.72 Å². The van der Waals surface area contributed by atoms with Crippen molar-refractivity contribution in [2.75, 3.05) is 18.7 Å². The highest BCUT2D eigenvalue weighted by Gasteiger charge is 2.27. The first-order valence-electron chi connectivity index (χ1n) is 6.60. The number of carbonyl (C=O) groups is 1. The number of rotatable bonds is 5. The molecule has 26 heavy (non-hydrogen) atoms. The van der Waals surface area contributed by atoms with Crippen LogP contribution in [0.1, 0.15) is 0 Å². The molecule has 2 rings (SSSR count). The Kier molecular flexibility index (Phi) is 5.63. The topological polar surface area (TPSA) is 157 Å². The van der Waals surface area contributed by atoms with Crippen LogP contribution in [-0.4, -0.2) is 51.2 Å². The lowest BCUT2D eigenvalue weighted by Crippen LogP contribution is -2.35. The molecule has 2 aromatic heterocycles. The summed E-state index contributed by atoms with van der Waals surface area (Å²) in [5.41, 5.74) is 0. The predicted octanol–water partition coefficient (Wildman–Crippen LogP) is 0.448. The summed E-state index contributed by atoms with van der Waals surface area (Å²) in [7, 11) is -7.18. The van der Waals surface area contributed by atoms with Crippen molar-refractivity contribution in [1.29, 1.82) is 0 Å². The third-order valence-corrected chi connectivity index (χ3v) is 5.42. The summed E-state index contributed by atoms with van der Waals surface area (Å²) in [5.74, 6) is -0.286. The number of carbonyl (C=O) groups excluding carboxylic acids is 1. The van der Waals surface area contributed by atoms with Crippen molar-refractivity contribution in [2.45, 2.75) is 9.92 Å². The van der Waals surface area contributed by atoms with Crippen LogP contribution in [0.25, 0.3) is 0 Å². The molecule has 140 valence electrons. The molecule has 14 heteroatoms. The quantitative estimate of drug-likeness (QED) is 0.653. The van der Waals surface area contributed by atoms with Crippen molar-refractivity contribution in [1.82, 2.24) is 19.7 Å². The van der Waals surface area contributed by atoms with Gasteiger partial charge in [-0.1, -0.05) is 11.6 Å². The van der Waals surface area contributed by atoms with Crippen molar-refractivity contribution in [3.8, 4) is 5.88 Å². The van der Waals surface area contributed by atoms with Gasteiger partial charge in [0.25, 0.3) is 10.0 Å². The highest BCUT2D eigenvalue weighted by atomic mass is 35.5. The van der Waals surface area contributed by atoms with Gasteiger partial charge < -0.3 is 4.74 Å². The molecular formula is C12H12ClN5O6S2. The minimum absolute atomic E-state index is 0.0368. The second-order valence-electron chi connectivity index (χ2n) is 4.70. The highest BCUT2D eigenvalue weighted by molar-refractivity contribution is 7.93. The maximum atomic E-state index is 12.3. The van der Waals surface area contributed by atoms with Gasteiger partial charge in [0.1, 0.15) is 10.0 Å². The molecular weight excluding hydrogens is 410 g/mol. The summed E-state index contributed by atoms with van der Waals surface area (Å²) in [5, 5.41) is 1.31. The van der Waals surface area contributed by atoms with E-state index in [-0.39, 0.29) is 17.0 Å². The van der Waals surface area contributed by atoms with E-state index >= 15 is 0 Å². The second-order valence-corrected chi connectivity index (χ2v) is 8.66. The zero-order valence-corrected chi connectivity index (χ0v) is 15.7. The lowest BCUT2D eigenvalue weighted by Gasteiger charge is -2.10. The summed E-state index contributed by atoms with van der Waals surface area (Å²) < 4.78 is 54.5. The van der Waals surface area contributed by atoms with E-state index in [1.807, 2.05) is 0 Å². The number of nitrogens with zero attached hydrogens (tertiary/aromatic N) is 3. The van der Waals surface area contributed by atoms with Gasteiger partial charge in [-0.15, -0.1) is 0 Å². The van der Waals surface area contributed by atoms with Crippen LogP contribution < -0.4 is 14.8 Å². The van der Waals surface area contributed by atoms with Crippen LogP contribution in [0.3, 0.4) is 0 Å². The first-order chi connectivity index (χ1) is 12.0. The van der Waals surface area contributed by atoms with E-state index in [0.717, 1.165) is 18.5 Å². The predicted molar refractivity (Wildman–Crippen MR) is 90.3 cm³/mol. The summed E-state index contributed by atoms with van der Waals surface area (Å²) >= 11 is 5.72. The van der Waals surface area contributed by atoms with Crippen molar-refractivity contribution >= 4 is 43.4 Å². The second kappa shape index (κ2) is 7.39. The molecule has 0 aliphatic rings. The van der Waals surface area contributed by atoms with Gasteiger partial charge >= 0.3 is 6.03 Å². The Bertz CT molecular complexity index is 1060. The van der Waals surface area contributed by atoms with Crippen LogP contribution in [0.5, 0.6) is 5.88 Å². The number of sulfone groups is 1. The maximum absolute atomic E-state index is 12.3. The molecule has 2 N–H and O–H groups in total. The third-order valence-electron chi connectivity index (χ3n) is 2.71. The zero-order chi connectivity index (χ0) is 19.5. The maximum Gasteiger partial charge on any atom is 0.335 e. The van der Waals surface area contributed by atoms with Crippen LogP contribution in [0.2, 0.25) is 5.15 Å². The third kappa shape index (κ3) is 4.77. The molecule has 0 bridgehead atoms. The highest BCUT2D eigenvalue weighted by Crippen LogP contribution is 2.18. The minimum Gasteiger partial charge on any atom is -0.481 e. The Balaban J connectivity index is 2.28. The fraction of sp³-hybridized carbons (Fsp3) is 0.167. The average Bonchev–Trinajstić information content (AvgIpc) is 2.52. The molecule has 0 atom stereocenters. The number of hydrogen-bond donors (Lipinski definition) is 2. The van der Waals surface area contributed by atoms with Crippen molar-refractivity contribution in [3.63, 3.8) is 0 Å². The van der Waals surface area contributed by atoms with Gasteiger partial charge in [0.2, 0.25) is 11.8 Å². The lowest BCUT2D eigenvalue weighted by molar-refractivity contribution is 0.256. The largest absolute Gasteiger partial charge is 0.481 e. The number of anilines is 1. The Morgan fingerprint density at radius 3 is 2.54 bits per heavy atom. The normalized spacial score (nSPS) is 11.7. The van der Waals surface area contributed by atoms with Gasteiger partial charge in [-0.05, 0) is 12.1 Å². The summed E-state index contributed by atoms with van der Waals surface area (Å²) in [4.78, 5) is 22.2. The molecule has 2 amide bonds. The molecule has 0 saturated carbocycles. The van der Waals surface area contributed by atoms with Crippen molar-refractivity contribution in [3.05, 3.63) is 29.5 Å². The van der Waals surface area contributed by atoms with E-state index < -0.39 is 35.8 Å². The fourth-order valence-electron chi connectivity index (χ4n) is 1.72. The molecule has 0 fully saturated rings. The van der Waals surface area contributed by atoms with Crippen molar-refractivity contribution < 1.29 is 26.4 Å². The summed E-state index contributed by atoms with van der Waals surface area (Å²) in [6, 6.07) is 2.25. The number of pyridine rings is 1. The molecule has 0 radical (unpaired) electrons. The van der Waals surface area contributed by atoms with E-state index in [1.165, 1.54) is 19.2 Å². The fourth-order valence-corrected chi connectivity index (χ4v) is 4.31. The number of nitrogens with one attached hydrogen (secondary N) is 2. The number of sulfonamides is 1. The molecule has 0 spiro atoms. The lowest BCUT2D eigenvalue weighted by atomic mass is 10.5. The van der Waals surface area contributed by atoms with Crippen LogP contribution in [0.15, 0.2) is 34.3 Å². The SMILES string of the molecule is COc1cc(Cl)nc(NC(=O)NS(=O)(=O)c2cccnc2S(C)(=O)=O)n1. The number of aromatic nitrogens is 3. The monoisotopic (exact) mass is 421 g/mol. The number of halogens is 1. The number of urea groups is 1. The van der Waals surface area contributed by atoms with Gasteiger partial charge in [-0.3, -0.25) is 5.32 Å². The first-order valence-corrected chi connectivity index (χ1v) is 10.4. The number of ether oxygens (including phenoxy) is 1. The molecule has 2 aromatic rings. The van der Waals surface area contributed by atoms with E-state index in [9.17, 15) is 21.6 Å². The van der Waals surface area contributed by atoms with Crippen molar-refractivity contribution in [2.24, 2.45) is 0 Å². The average molecular weight is 422 g/mol. The van der Waals surface area contributed by atoms with E-state index in [0.29, 0.717) is 0 Å². The van der Waals surface area contributed by atoms with Crippen LogP contribution in [-0.2, 0) is 19.9 Å². The molecule has 0 saturated heterocycles. The number of methoxy groups -OCH3 is 1. The number of hydrogen-bond acceptors (Lipinski definition) is 9. The van der Waals surface area contributed by atoms with Crippen LogP contribution in [0.4, 0.5) is 10.7 Å². The Morgan fingerprint density at radius 2 is 1.92 bits per heavy atom. The molecule has 0 aromatic carbocycles. The van der Waals surface area contributed by atoms with Gasteiger partial charge in [-0.2, -0.15) is 4.98 Å². The molecule has 0 aliphatic heterocycles. The Hall–Kier alpha value is -2.51. The van der Waals surface area contributed by atoms with E-state index in [2.05, 4.69) is 20.3 Å². The van der Waals surface area contributed by atoms with Gasteiger partial charge in [0.15, 0.2) is 14.9 Å². The molecule has 0 aliphatic carbocycles.